The number of carbonyl (C=O) groups excluding carboxylic acids is 1. The van der Waals surface area contributed by atoms with Crippen molar-refractivity contribution in [1.29, 1.82) is 0 Å². The third-order valence-corrected chi connectivity index (χ3v) is 4.76. The first-order valence-corrected chi connectivity index (χ1v) is 7.86. The highest BCUT2D eigenvalue weighted by Crippen LogP contribution is 2.22. The van der Waals surface area contributed by atoms with Gasteiger partial charge in [0.1, 0.15) is 15.2 Å². The highest BCUT2D eigenvalue weighted by molar-refractivity contribution is 9.10. The third-order valence-electron chi connectivity index (χ3n) is 2.56. The molecule has 0 fully saturated rings. The van der Waals surface area contributed by atoms with E-state index in [9.17, 15) is 13.2 Å². The van der Waals surface area contributed by atoms with Gasteiger partial charge in [-0.2, -0.15) is 10.2 Å². The summed E-state index contributed by atoms with van der Waals surface area (Å²) >= 11 is 3.07. The van der Waals surface area contributed by atoms with E-state index < -0.39 is 16.0 Å². The fourth-order valence-corrected chi connectivity index (χ4v) is 3.66. The van der Waals surface area contributed by atoms with Crippen molar-refractivity contribution in [2.24, 2.45) is 14.1 Å². The average molecular weight is 378 g/mol. The first-order valence-electron chi connectivity index (χ1n) is 5.59. The van der Waals surface area contributed by atoms with Crippen molar-refractivity contribution >= 4 is 37.7 Å². The molecule has 0 radical (unpaired) electrons. The van der Waals surface area contributed by atoms with Gasteiger partial charge in [0.05, 0.1) is 7.11 Å². The number of aromatic nitrogens is 4. The zero-order chi connectivity index (χ0) is 15.8. The Labute approximate surface area is 129 Å². The number of ether oxygens (including phenoxy) is 1. The van der Waals surface area contributed by atoms with E-state index in [1.807, 2.05) is 0 Å². The van der Waals surface area contributed by atoms with Crippen molar-refractivity contribution in [3.8, 4) is 0 Å². The van der Waals surface area contributed by atoms with Gasteiger partial charge < -0.3 is 4.74 Å². The minimum absolute atomic E-state index is 0.00801. The molecule has 2 rings (SSSR count). The van der Waals surface area contributed by atoms with Crippen LogP contribution in [0, 0.1) is 0 Å². The highest BCUT2D eigenvalue weighted by atomic mass is 79.9. The minimum Gasteiger partial charge on any atom is -0.464 e. The molecule has 114 valence electrons. The summed E-state index contributed by atoms with van der Waals surface area (Å²) in [5.41, 5.74) is 0.125. The van der Waals surface area contributed by atoms with Crippen molar-refractivity contribution in [2.45, 2.75) is 4.90 Å². The Morgan fingerprint density at radius 1 is 1.38 bits per heavy atom. The SMILES string of the molecule is COC(=O)c1cc(NS(=O)(=O)c2cn(C)nc2Br)nn1C. The molecule has 0 aliphatic rings. The number of carbonyl (C=O) groups is 1. The summed E-state index contributed by atoms with van der Waals surface area (Å²) in [7, 11) is 0.462. The highest BCUT2D eigenvalue weighted by Gasteiger charge is 2.23. The summed E-state index contributed by atoms with van der Waals surface area (Å²) in [5.74, 6) is -0.605. The number of sulfonamides is 1. The number of hydrogen-bond acceptors (Lipinski definition) is 6. The molecule has 0 bridgehead atoms. The molecule has 0 aliphatic heterocycles. The van der Waals surface area contributed by atoms with Gasteiger partial charge in [-0.25, -0.2) is 13.2 Å². The lowest BCUT2D eigenvalue weighted by atomic mass is 10.4. The van der Waals surface area contributed by atoms with E-state index in [2.05, 4.69) is 35.6 Å². The average Bonchev–Trinajstić information content (AvgIpc) is 2.91. The van der Waals surface area contributed by atoms with Crippen LogP contribution < -0.4 is 4.72 Å². The standard InChI is InChI=1S/C10H12BrN5O4S/c1-15-5-7(9(11)13-15)21(18,19)14-8-4-6(10(17)20-3)16(2)12-8/h4-5H,1-3H3,(H,12,14). The van der Waals surface area contributed by atoms with Crippen LogP contribution in [0.4, 0.5) is 5.82 Å². The van der Waals surface area contributed by atoms with Crippen LogP contribution in [0.15, 0.2) is 21.8 Å². The number of esters is 1. The fourth-order valence-electron chi connectivity index (χ4n) is 1.63. The molecule has 0 aliphatic carbocycles. The number of hydrogen-bond donors (Lipinski definition) is 1. The van der Waals surface area contributed by atoms with Crippen LogP contribution in [0.5, 0.6) is 0 Å². The summed E-state index contributed by atoms with van der Waals surface area (Å²) in [6.07, 6.45) is 1.34. The van der Waals surface area contributed by atoms with Crippen LogP contribution in [0.3, 0.4) is 0 Å². The molecule has 0 unspecified atom stereocenters. The molecular formula is C10H12BrN5O4S. The van der Waals surface area contributed by atoms with Gasteiger partial charge in [-0.1, -0.05) is 0 Å². The van der Waals surface area contributed by atoms with Crippen LogP contribution in [0.25, 0.3) is 0 Å². The van der Waals surface area contributed by atoms with Gasteiger partial charge in [-0.3, -0.25) is 14.1 Å². The van der Waals surface area contributed by atoms with Crippen molar-refractivity contribution in [3.05, 3.63) is 22.6 Å². The van der Waals surface area contributed by atoms with E-state index in [-0.39, 0.29) is 21.0 Å². The van der Waals surface area contributed by atoms with Gasteiger partial charge in [0, 0.05) is 26.4 Å². The van der Waals surface area contributed by atoms with Crippen LogP contribution in [0.2, 0.25) is 0 Å². The van der Waals surface area contributed by atoms with Gasteiger partial charge in [-0.05, 0) is 15.9 Å². The van der Waals surface area contributed by atoms with Gasteiger partial charge in [-0.15, -0.1) is 0 Å². The lowest BCUT2D eigenvalue weighted by Gasteiger charge is -2.02. The lowest BCUT2D eigenvalue weighted by molar-refractivity contribution is 0.0588. The predicted molar refractivity (Wildman–Crippen MR) is 76.3 cm³/mol. The zero-order valence-electron chi connectivity index (χ0n) is 11.4. The summed E-state index contributed by atoms with van der Waals surface area (Å²) in [4.78, 5) is 11.4. The second-order valence-electron chi connectivity index (χ2n) is 4.09. The quantitative estimate of drug-likeness (QED) is 0.777. The maximum absolute atomic E-state index is 12.2. The molecule has 21 heavy (non-hydrogen) atoms. The van der Waals surface area contributed by atoms with Crippen LogP contribution in [-0.2, 0) is 28.9 Å². The van der Waals surface area contributed by atoms with Crippen LogP contribution in [-0.4, -0.2) is 41.1 Å². The zero-order valence-corrected chi connectivity index (χ0v) is 13.8. The molecule has 0 amide bonds. The van der Waals surface area contributed by atoms with E-state index >= 15 is 0 Å². The van der Waals surface area contributed by atoms with E-state index in [0.29, 0.717) is 0 Å². The molecule has 2 heterocycles. The summed E-state index contributed by atoms with van der Waals surface area (Å²) in [6, 6.07) is 1.29. The van der Waals surface area contributed by atoms with E-state index in [1.54, 1.807) is 7.05 Å². The molecule has 0 spiro atoms. The Kier molecular flexibility index (Phi) is 4.05. The van der Waals surface area contributed by atoms with Crippen molar-refractivity contribution in [2.75, 3.05) is 11.8 Å². The molecule has 0 aromatic carbocycles. The smallest absolute Gasteiger partial charge is 0.356 e. The molecular weight excluding hydrogens is 366 g/mol. The first-order chi connectivity index (χ1) is 9.74. The minimum atomic E-state index is -3.87. The fraction of sp³-hybridized carbons (Fsp3) is 0.300. The lowest BCUT2D eigenvalue weighted by Crippen LogP contribution is -2.13. The van der Waals surface area contributed by atoms with Crippen LogP contribution in [0.1, 0.15) is 10.5 Å². The van der Waals surface area contributed by atoms with E-state index in [4.69, 9.17) is 0 Å². The van der Waals surface area contributed by atoms with Crippen molar-refractivity contribution in [3.63, 3.8) is 0 Å². The predicted octanol–water partition coefficient (Wildman–Crippen LogP) is 0.503. The third kappa shape index (κ3) is 3.08. The Hall–Kier alpha value is -1.88. The maximum Gasteiger partial charge on any atom is 0.356 e. The summed E-state index contributed by atoms with van der Waals surface area (Å²) in [6.45, 7) is 0. The second-order valence-corrected chi connectivity index (χ2v) is 6.50. The number of anilines is 1. The van der Waals surface area contributed by atoms with Gasteiger partial charge in [0.25, 0.3) is 10.0 Å². The molecule has 9 nitrogen and oxygen atoms in total. The van der Waals surface area contributed by atoms with Gasteiger partial charge in [0.15, 0.2) is 5.82 Å². The monoisotopic (exact) mass is 377 g/mol. The number of methoxy groups -OCH3 is 1. The Bertz CT molecular complexity index is 794. The number of halogens is 1. The summed E-state index contributed by atoms with van der Waals surface area (Å²) in [5, 5.41) is 7.81. The van der Waals surface area contributed by atoms with Gasteiger partial charge >= 0.3 is 5.97 Å². The Morgan fingerprint density at radius 2 is 2.05 bits per heavy atom. The number of aryl methyl sites for hydroxylation is 2. The van der Waals surface area contributed by atoms with E-state index in [1.165, 1.54) is 35.8 Å². The first kappa shape index (κ1) is 15.5. The van der Waals surface area contributed by atoms with Crippen molar-refractivity contribution < 1.29 is 17.9 Å². The normalized spacial score (nSPS) is 11.4. The van der Waals surface area contributed by atoms with Gasteiger partial charge in [0.2, 0.25) is 0 Å². The number of nitrogens with zero attached hydrogens (tertiary/aromatic N) is 4. The number of rotatable bonds is 4. The molecule has 0 saturated heterocycles. The molecule has 2 aromatic rings. The van der Waals surface area contributed by atoms with Crippen LogP contribution >= 0.6 is 15.9 Å². The second kappa shape index (κ2) is 5.48. The molecule has 0 atom stereocenters. The molecule has 0 saturated carbocycles. The number of nitrogens with one attached hydrogen (secondary N) is 1. The molecule has 11 heteroatoms. The molecule has 1 N–H and O–H groups in total. The Morgan fingerprint density at radius 3 is 2.57 bits per heavy atom. The van der Waals surface area contributed by atoms with Crippen molar-refractivity contribution in [1.82, 2.24) is 19.6 Å². The largest absolute Gasteiger partial charge is 0.464 e. The Balaban J connectivity index is 2.33. The van der Waals surface area contributed by atoms with E-state index in [0.717, 1.165) is 0 Å². The maximum atomic E-state index is 12.2. The molecule has 2 aromatic heterocycles. The summed E-state index contributed by atoms with van der Waals surface area (Å²) < 4.78 is 34.1. The topological polar surface area (TPSA) is 108 Å².